The lowest BCUT2D eigenvalue weighted by atomic mass is 9.76. The van der Waals surface area contributed by atoms with Crippen molar-refractivity contribution in [1.29, 1.82) is 0 Å². The molecule has 2 fully saturated rings. The van der Waals surface area contributed by atoms with Crippen LogP contribution in [0.1, 0.15) is 46.2 Å². The van der Waals surface area contributed by atoms with Gasteiger partial charge in [-0.25, -0.2) is 5.01 Å². The van der Waals surface area contributed by atoms with Crippen molar-refractivity contribution in [3.8, 4) is 0 Å². The number of amides is 3. The summed E-state index contributed by atoms with van der Waals surface area (Å²) >= 11 is 7.45. The molecule has 1 aliphatic heterocycles. The molecule has 3 atom stereocenters. The third kappa shape index (κ3) is 3.68. The van der Waals surface area contributed by atoms with Gasteiger partial charge in [0.1, 0.15) is 6.54 Å². The molecule has 1 aliphatic carbocycles. The fraction of sp³-hybridized carbons (Fsp3) is 0.364. The number of hydrogen-bond acceptors (Lipinski definition) is 5. The smallest absolute Gasteiger partial charge is 0.274 e. The number of carbonyl (C=O) groups is 4. The van der Waals surface area contributed by atoms with Crippen LogP contribution in [0.4, 0.5) is 0 Å². The Hall–Kier alpha value is -2.51. The number of nitrogens with zero attached hydrogens (tertiary/aromatic N) is 2. The quantitative estimate of drug-likeness (QED) is 0.514. The Morgan fingerprint density at radius 2 is 1.83 bits per heavy atom. The first kappa shape index (κ1) is 20.8. The van der Waals surface area contributed by atoms with Crippen molar-refractivity contribution in [2.24, 2.45) is 17.8 Å². The number of hydrazine groups is 1. The molecule has 156 valence electrons. The molecule has 0 N–H and O–H groups in total. The first-order chi connectivity index (χ1) is 14.4. The van der Waals surface area contributed by atoms with Gasteiger partial charge in [0.15, 0.2) is 5.78 Å². The highest BCUT2D eigenvalue weighted by Crippen LogP contribution is 2.41. The molecule has 6 nitrogen and oxygen atoms in total. The van der Waals surface area contributed by atoms with Crippen LogP contribution >= 0.6 is 22.9 Å². The van der Waals surface area contributed by atoms with Crippen LogP contribution in [-0.2, 0) is 9.59 Å². The molecule has 2 aromatic rings. The van der Waals surface area contributed by atoms with Crippen molar-refractivity contribution in [2.45, 2.75) is 26.2 Å². The zero-order valence-electron chi connectivity index (χ0n) is 16.4. The predicted octanol–water partition coefficient (Wildman–Crippen LogP) is 4.06. The van der Waals surface area contributed by atoms with Crippen molar-refractivity contribution in [1.82, 2.24) is 10.0 Å². The lowest BCUT2D eigenvalue weighted by molar-refractivity contribution is -0.154. The number of benzene rings is 1. The van der Waals surface area contributed by atoms with Crippen LogP contribution in [0, 0.1) is 17.8 Å². The summed E-state index contributed by atoms with van der Waals surface area (Å²) in [5.74, 6) is -2.34. The minimum absolute atomic E-state index is 0.141. The van der Waals surface area contributed by atoms with E-state index in [0.717, 1.165) is 16.4 Å². The van der Waals surface area contributed by atoms with Crippen molar-refractivity contribution < 1.29 is 19.2 Å². The van der Waals surface area contributed by atoms with E-state index in [9.17, 15) is 19.2 Å². The van der Waals surface area contributed by atoms with E-state index >= 15 is 0 Å². The van der Waals surface area contributed by atoms with Crippen LogP contribution in [0.15, 0.2) is 41.8 Å². The Labute approximate surface area is 183 Å². The van der Waals surface area contributed by atoms with E-state index in [1.807, 2.05) is 0 Å². The van der Waals surface area contributed by atoms with Gasteiger partial charge in [-0.15, -0.1) is 11.3 Å². The number of ketones is 1. The fourth-order valence-electron chi connectivity index (χ4n) is 4.27. The summed E-state index contributed by atoms with van der Waals surface area (Å²) in [6, 6.07) is 9.80. The summed E-state index contributed by atoms with van der Waals surface area (Å²) in [6.45, 7) is 1.65. The van der Waals surface area contributed by atoms with Gasteiger partial charge in [0, 0.05) is 0 Å². The van der Waals surface area contributed by atoms with E-state index in [-0.39, 0.29) is 16.4 Å². The van der Waals surface area contributed by atoms with Crippen LogP contribution < -0.4 is 0 Å². The third-order valence-electron chi connectivity index (χ3n) is 5.83. The Balaban J connectivity index is 1.70. The first-order valence-corrected chi connectivity index (χ1v) is 11.1. The van der Waals surface area contributed by atoms with Crippen LogP contribution in [0.3, 0.4) is 0 Å². The van der Waals surface area contributed by atoms with Crippen LogP contribution in [0.5, 0.6) is 0 Å². The number of halogens is 1. The van der Waals surface area contributed by atoms with E-state index in [1.165, 1.54) is 17.4 Å². The molecule has 1 saturated carbocycles. The lowest BCUT2D eigenvalue weighted by Gasteiger charge is -2.30. The third-order valence-corrected chi connectivity index (χ3v) is 7.07. The van der Waals surface area contributed by atoms with Crippen molar-refractivity contribution in [3.05, 3.63) is 57.2 Å². The van der Waals surface area contributed by atoms with Crippen molar-refractivity contribution in [3.63, 3.8) is 0 Å². The molecular weight excluding hydrogens is 424 g/mol. The fourth-order valence-corrected chi connectivity index (χ4v) is 5.14. The Bertz CT molecular complexity index is 1010. The molecule has 2 heterocycles. The van der Waals surface area contributed by atoms with E-state index in [0.29, 0.717) is 23.6 Å². The molecule has 3 amide bonds. The maximum atomic E-state index is 13.4. The Morgan fingerprint density at radius 1 is 1.10 bits per heavy atom. The number of fused-ring (bicyclic) bond motifs is 1. The Morgan fingerprint density at radius 3 is 2.53 bits per heavy atom. The van der Waals surface area contributed by atoms with Crippen molar-refractivity contribution in [2.75, 3.05) is 6.54 Å². The summed E-state index contributed by atoms with van der Waals surface area (Å²) in [5.41, 5.74) is 0.141. The average molecular weight is 445 g/mol. The maximum Gasteiger partial charge on any atom is 0.274 e. The van der Waals surface area contributed by atoms with Gasteiger partial charge in [0.05, 0.1) is 27.3 Å². The van der Waals surface area contributed by atoms with E-state index < -0.39 is 36.1 Å². The highest BCUT2D eigenvalue weighted by Gasteiger charge is 2.52. The molecule has 1 aromatic carbocycles. The van der Waals surface area contributed by atoms with Crippen LogP contribution in [0.25, 0.3) is 0 Å². The summed E-state index contributed by atoms with van der Waals surface area (Å²) < 4.78 is 0. The average Bonchev–Trinajstić information content (AvgIpc) is 3.34. The zero-order valence-corrected chi connectivity index (χ0v) is 18.0. The second-order valence-electron chi connectivity index (χ2n) is 7.86. The molecule has 0 bridgehead atoms. The van der Waals surface area contributed by atoms with Gasteiger partial charge in [-0.2, -0.15) is 5.01 Å². The highest BCUT2D eigenvalue weighted by atomic mass is 35.5. The molecule has 2 aliphatic rings. The van der Waals surface area contributed by atoms with Gasteiger partial charge >= 0.3 is 0 Å². The summed E-state index contributed by atoms with van der Waals surface area (Å²) in [7, 11) is 0. The number of imide groups is 1. The molecule has 4 rings (SSSR count). The molecule has 0 unspecified atom stereocenters. The maximum absolute atomic E-state index is 13.4. The summed E-state index contributed by atoms with van der Waals surface area (Å²) in [5, 5.41) is 3.85. The minimum Gasteiger partial charge on any atom is -0.291 e. The monoisotopic (exact) mass is 444 g/mol. The van der Waals surface area contributed by atoms with Crippen LogP contribution in [0.2, 0.25) is 5.02 Å². The van der Waals surface area contributed by atoms with E-state index in [2.05, 4.69) is 6.92 Å². The lowest BCUT2D eigenvalue weighted by Crippen LogP contribution is -2.52. The molecule has 30 heavy (non-hydrogen) atoms. The van der Waals surface area contributed by atoms with Gasteiger partial charge in [0.2, 0.25) is 0 Å². The summed E-state index contributed by atoms with van der Waals surface area (Å²) in [6.07, 6.45) is 2.08. The standard InChI is InChI=1S/C22H21ClN2O4S/c1-13-8-9-14-16(11-13)22(29)25(21(14)28)24(12-18(26)19-7-4-10-30-19)20(27)15-5-2-3-6-17(15)23/h2-7,10,13-14,16H,8-9,11-12H2,1H3/t13-,14+,16+/m1/s1. The second-order valence-corrected chi connectivity index (χ2v) is 9.22. The van der Waals surface area contributed by atoms with Gasteiger partial charge < -0.3 is 0 Å². The van der Waals surface area contributed by atoms with E-state index in [1.54, 1.807) is 35.7 Å². The van der Waals surface area contributed by atoms with Gasteiger partial charge in [-0.3, -0.25) is 19.2 Å². The number of thiophene rings is 1. The highest BCUT2D eigenvalue weighted by molar-refractivity contribution is 7.12. The predicted molar refractivity (Wildman–Crippen MR) is 113 cm³/mol. The number of hydrogen-bond donors (Lipinski definition) is 0. The van der Waals surface area contributed by atoms with E-state index in [4.69, 9.17) is 11.6 Å². The first-order valence-electron chi connectivity index (χ1n) is 9.89. The SMILES string of the molecule is C[C@@H]1CC[C@@H]2C(=O)N(N(CC(=O)c3cccs3)C(=O)c3ccccc3Cl)C(=O)[C@H]2C1. The molecule has 0 radical (unpaired) electrons. The molecule has 1 saturated heterocycles. The number of carbonyl (C=O) groups excluding carboxylic acids is 4. The van der Waals surface area contributed by atoms with Gasteiger partial charge in [-0.1, -0.05) is 36.7 Å². The number of Topliss-reactive ketones (excluding diaryl/α,β-unsaturated/α-hetero) is 1. The largest absolute Gasteiger partial charge is 0.291 e. The van der Waals surface area contributed by atoms with Crippen molar-refractivity contribution >= 4 is 46.4 Å². The molecular formula is C22H21ClN2O4S. The number of rotatable bonds is 5. The molecule has 8 heteroatoms. The van der Waals surface area contributed by atoms with Gasteiger partial charge in [-0.05, 0) is 48.8 Å². The summed E-state index contributed by atoms with van der Waals surface area (Å²) in [4.78, 5) is 53.0. The normalized spacial score (nSPS) is 23.4. The topological polar surface area (TPSA) is 74.8 Å². The second kappa shape index (κ2) is 8.32. The zero-order chi connectivity index (χ0) is 21.4. The van der Waals surface area contributed by atoms with Crippen LogP contribution in [-0.4, -0.2) is 40.1 Å². The Kier molecular flexibility index (Phi) is 5.75. The molecule has 0 spiro atoms. The van der Waals surface area contributed by atoms with Gasteiger partial charge in [0.25, 0.3) is 17.7 Å². The molecule has 1 aromatic heterocycles. The minimum atomic E-state index is -0.640.